The minimum atomic E-state index is -3.67. The van der Waals surface area contributed by atoms with Crippen LogP contribution in [0.15, 0.2) is 35.4 Å². The molecule has 0 spiro atoms. The third-order valence-corrected chi connectivity index (χ3v) is 6.72. The molecule has 1 aliphatic rings. The molecule has 0 bridgehead atoms. The molecule has 28 heavy (non-hydrogen) atoms. The Labute approximate surface area is 163 Å². The van der Waals surface area contributed by atoms with Crippen LogP contribution in [-0.2, 0) is 15.6 Å². The number of sulfonamides is 1. The highest BCUT2D eigenvalue weighted by molar-refractivity contribution is 7.89. The number of aromatic nitrogens is 2. The van der Waals surface area contributed by atoms with Gasteiger partial charge in [-0.05, 0) is 37.1 Å². The van der Waals surface area contributed by atoms with Gasteiger partial charge in [0.25, 0.3) is 0 Å². The maximum absolute atomic E-state index is 12.9. The standard InChI is InChI=1S/C18H23N3O6S/c1-25-13-4-6-14(7-5-13)28(23,24)21-10-8-18(22,9-11-21)16-17(27-3)20-15(26-2)12-19-16/h4-7,12,22H,8-11H2,1-3H3. The number of hydrogen-bond donors (Lipinski definition) is 1. The Kier molecular flexibility index (Phi) is 5.73. The minimum absolute atomic E-state index is 0.141. The molecule has 152 valence electrons. The number of ether oxygens (including phenoxy) is 3. The largest absolute Gasteiger partial charge is 0.497 e. The van der Waals surface area contributed by atoms with Crippen molar-refractivity contribution in [3.05, 3.63) is 36.2 Å². The van der Waals surface area contributed by atoms with Gasteiger partial charge in [-0.1, -0.05) is 0 Å². The number of hydrogen-bond acceptors (Lipinski definition) is 8. The molecule has 0 amide bonds. The van der Waals surface area contributed by atoms with E-state index in [1.54, 1.807) is 12.1 Å². The van der Waals surface area contributed by atoms with Crippen molar-refractivity contribution in [2.45, 2.75) is 23.3 Å². The third-order valence-electron chi connectivity index (χ3n) is 4.81. The van der Waals surface area contributed by atoms with Crippen LogP contribution in [0.5, 0.6) is 17.5 Å². The number of aliphatic hydroxyl groups is 1. The van der Waals surface area contributed by atoms with Crippen molar-refractivity contribution in [2.24, 2.45) is 0 Å². The van der Waals surface area contributed by atoms with Crippen LogP contribution in [-0.4, -0.2) is 62.2 Å². The summed E-state index contributed by atoms with van der Waals surface area (Å²) in [5, 5.41) is 11.1. The lowest BCUT2D eigenvalue weighted by Gasteiger charge is -2.37. The molecule has 10 heteroatoms. The molecule has 0 aliphatic carbocycles. The van der Waals surface area contributed by atoms with E-state index in [0.717, 1.165) is 0 Å². The highest BCUT2D eigenvalue weighted by atomic mass is 32.2. The van der Waals surface area contributed by atoms with Crippen LogP contribution < -0.4 is 14.2 Å². The lowest BCUT2D eigenvalue weighted by Crippen LogP contribution is -2.45. The maximum atomic E-state index is 12.9. The van der Waals surface area contributed by atoms with Crippen LogP contribution in [0.25, 0.3) is 0 Å². The van der Waals surface area contributed by atoms with Gasteiger partial charge in [0.05, 0.1) is 32.4 Å². The summed E-state index contributed by atoms with van der Waals surface area (Å²) in [4.78, 5) is 8.57. The van der Waals surface area contributed by atoms with E-state index in [1.807, 2.05) is 0 Å². The van der Waals surface area contributed by atoms with Gasteiger partial charge in [0.1, 0.15) is 17.0 Å². The number of nitrogens with zero attached hydrogens (tertiary/aromatic N) is 3. The first-order valence-corrected chi connectivity index (χ1v) is 10.1. The SMILES string of the molecule is COc1ccc(S(=O)(=O)N2CCC(O)(c3ncc(OC)nc3OC)CC2)cc1. The van der Waals surface area contributed by atoms with Crippen molar-refractivity contribution < 1.29 is 27.7 Å². The summed E-state index contributed by atoms with van der Waals surface area (Å²) in [6, 6.07) is 6.22. The molecule has 9 nitrogen and oxygen atoms in total. The number of piperidine rings is 1. The predicted molar refractivity (Wildman–Crippen MR) is 100 cm³/mol. The van der Waals surface area contributed by atoms with Crippen LogP contribution in [0, 0.1) is 0 Å². The van der Waals surface area contributed by atoms with E-state index < -0.39 is 15.6 Å². The summed E-state index contributed by atoms with van der Waals surface area (Å²) in [5.74, 6) is 1.01. The fourth-order valence-electron chi connectivity index (χ4n) is 3.15. The van der Waals surface area contributed by atoms with Crippen LogP contribution in [0.1, 0.15) is 18.5 Å². The smallest absolute Gasteiger partial charge is 0.243 e. The van der Waals surface area contributed by atoms with Crippen LogP contribution in [0.3, 0.4) is 0 Å². The third kappa shape index (κ3) is 3.75. The molecular formula is C18H23N3O6S. The average molecular weight is 409 g/mol. The molecule has 2 heterocycles. The van der Waals surface area contributed by atoms with Gasteiger partial charge in [0.2, 0.25) is 21.8 Å². The summed E-state index contributed by atoms with van der Waals surface area (Å²) in [7, 11) is 0.742. The highest BCUT2D eigenvalue weighted by Crippen LogP contribution is 2.37. The summed E-state index contributed by atoms with van der Waals surface area (Å²) in [6.07, 6.45) is 1.73. The van der Waals surface area contributed by atoms with Crippen LogP contribution >= 0.6 is 0 Å². The first-order valence-electron chi connectivity index (χ1n) is 8.66. The monoisotopic (exact) mass is 409 g/mol. The molecule has 3 rings (SSSR count). The molecule has 1 aromatic carbocycles. The topological polar surface area (TPSA) is 111 Å². The Morgan fingerprint density at radius 1 is 1.04 bits per heavy atom. The Balaban J connectivity index is 1.79. The molecule has 1 aliphatic heterocycles. The molecule has 1 saturated heterocycles. The van der Waals surface area contributed by atoms with Gasteiger partial charge >= 0.3 is 0 Å². The first-order chi connectivity index (χ1) is 13.3. The number of methoxy groups -OCH3 is 3. The van der Waals surface area contributed by atoms with Crippen molar-refractivity contribution >= 4 is 10.0 Å². The van der Waals surface area contributed by atoms with Gasteiger partial charge in [-0.15, -0.1) is 0 Å². The molecule has 0 atom stereocenters. The van der Waals surface area contributed by atoms with Crippen molar-refractivity contribution in [3.8, 4) is 17.5 Å². The van der Waals surface area contributed by atoms with Gasteiger partial charge in [-0.25, -0.2) is 13.4 Å². The van der Waals surface area contributed by atoms with Gasteiger partial charge < -0.3 is 19.3 Å². The minimum Gasteiger partial charge on any atom is -0.497 e. The lowest BCUT2D eigenvalue weighted by atomic mass is 9.89. The second kappa shape index (κ2) is 7.90. The Morgan fingerprint density at radius 2 is 1.68 bits per heavy atom. The molecule has 0 radical (unpaired) electrons. The summed E-state index contributed by atoms with van der Waals surface area (Å²) < 4.78 is 42.4. The van der Waals surface area contributed by atoms with E-state index >= 15 is 0 Å². The Bertz CT molecular complexity index is 925. The van der Waals surface area contributed by atoms with E-state index in [2.05, 4.69) is 9.97 Å². The van der Waals surface area contributed by atoms with Gasteiger partial charge in [0.15, 0.2) is 0 Å². The fraction of sp³-hybridized carbons (Fsp3) is 0.444. The molecule has 1 fully saturated rings. The zero-order valence-electron chi connectivity index (χ0n) is 16.0. The normalized spacial score (nSPS) is 17.1. The average Bonchev–Trinajstić information content (AvgIpc) is 2.73. The number of benzene rings is 1. The summed E-state index contributed by atoms with van der Waals surface area (Å²) in [6.45, 7) is 0.281. The molecule has 2 aromatic rings. The van der Waals surface area contributed by atoms with E-state index in [1.165, 1.54) is 44.0 Å². The maximum Gasteiger partial charge on any atom is 0.243 e. The molecule has 0 unspecified atom stereocenters. The molecule has 0 saturated carbocycles. The van der Waals surface area contributed by atoms with Crippen molar-refractivity contribution in [3.63, 3.8) is 0 Å². The number of rotatable bonds is 6. The molecular weight excluding hydrogens is 386 g/mol. The van der Waals surface area contributed by atoms with Gasteiger partial charge in [-0.3, -0.25) is 0 Å². The quantitative estimate of drug-likeness (QED) is 0.757. The van der Waals surface area contributed by atoms with Crippen LogP contribution in [0.4, 0.5) is 0 Å². The zero-order chi connectivity index (χ0) is 20.4. The Hall–Kier alpha value is -2.43. The second-order valence-electron chi connectivity index (χ2n) is 6.38. The van der Waals surface area contributed by atoms with Crippen LogP contribution in [0.2, 0.25) is 0 Å². The molecule has 1 N–H and O–H groups in total. The van der Waals surface area contributed by atoms with Gasteiger partial charge in [0, 0.05) is 13.1 Å². The van der Waals surface area contributed by atoms with Crippen molar-refractivity contribution in [1.29, 1.82) is 0 Å². The highest BCUT2D eigenvalue weighted by Gasteiger charge is 2.41. The second-order valence-corrected chi connectivity index (χ2v) is 8.32. The van der Waals surface area contributed by atoms with E-state index in [-0.39, 0.29) is 48.3 Å². The van der Waals surface area contributed by atoms with E-state index in [9.17, 15) is 13.5 Å². The molecule has 1 aromatic heterocycles. The Morgan fingerprint density at radius 3 is 2.21 bits per heavy atom. The predicted octanol–water partition coefficient (Wildman–Crippen LogP) is 1.17. The van der Waals surface area contributed by atoms with Crippen molar-refractivity contribution in [2.75, 3.05) is 34.4 Å². The fourth-order valence-corrected chi connectivity index (χ4v) is 4.59. The summed E-state index contributed by atoms with van der Waals surface area (Å²) in [5.41, 5.74) is -1.06. The lowest BCUT2D eigenvalue weighted by molar-refractivity contribution is -0.0159. The van der Waals surface area contributed by atoms with Gasteiger partial charge in [-0.2, -0.15) is 9.29 Å². The van der Waals surface area contributed by atoms with E-state index in [4.69, 9.17) is 14.2 Å². The first kappa shape index (κ1) is 20.3. The van der Waals surface area contributed by atoms with E-state index in [0.29, 0.717) is 5.75 Å². The zero-order valence-corrected chi connectivity index (χ0v) is 16.8. The van der Waals surface area contributed by atoms with Crippen molar-refractivity contribution in [1.82, 2.24) is 14.3 Å². The summed E-state index contributed by atoms with van der Waals surface area (Å²) >= 11 is 0.